The van der Waals surface area contributed by atoms with Crippen LogP contribution in [-0.2, 0) is 35.0 Å². The van der Waals surface area contributed by atoms with Crippen LogP contribution in [0.5, 0.6) is 0 Å². The summed E-state index contributed by atoms with van der Waals surface area (Å²) in [5, 5.41) is 14.6. The highest BCUT2D eigenvalue weighted by Crippen LogP contribution is 2.38. The van der Waals surface area contributed by atoms with Gasteiger partial charge in [0.15, 0.2) is 6.29 Å². The van der Waals surface area contributed by atoms with Gasteiger partial charge in [0.1, 0.15) is 12.1 Å². The number of carbonyl (C=O) groups is 3. The van der Waals surface area contributed by atoms with Gasteiger partial charge in [-0.2, -0.15) is 0 Å². The highest BCUT2D eigenvalue weighted by Gasteiger charge is 2.52. The minimum Gasteiger partial charge on any atom is -0.382 e. The fourth-order valence-corrected chi connectivity index (χ4v) is 4.06. The Morgan fingerprint density at radius 2 is 1.82 bits per heavy atom. The molecular weight excluding hydrogens is 430 g/mol. The van der Waals surface area contributed by atoms with E-state index in [0.29, 0.717) is 12.8 Å². The first kappa shape index (κ1) is 26.7. The van der Waals surface area contributed by atoms with Crippen LogP contribution in [0.25, 0.3) is 0 Å². The maximum absolute atomic E-state index is 13.5. The van der Waals surface area contributed by atoms with Crippen molar-refractivity contribution in [1.82, 2.24) is 16.1 Å². The number of amides is 3. The van der Waals surface area contributed by atoms with Gasteiger partial charge in [0.2, 0.25) is 11.8 Å². The molecule has 1 aromatic carbocycles. The lowest BCUT2D eigenvalue weighted by Gasteiger charge is -2.26. The van der Waals surface area contributed by atoms with E-state index in [1.54, 1.807) is 5.48 Å². The van der Waals surface area contributed by atoms with Gasteiger partial charge in [-0.25, -0.2) is 5.48 Å². The Labute approximate surface area is 194 Å². The summed E-state index contributed by atoms with van der Waals surface area (Å²) in [7, 11) is 3.02. The van der Waals surface area contributed by atoms with Gasteiger partial charge >= 0.3 is 0 Å². The number of carbonyl (C=O) groups excluding carboxylic acids is 3. The molecule has 0 unspecified atom stereocenters. The Kier molecular flexibility index (Phi) is 10.7. The predicted molar refractivity (Wildman–Crippen MR) is 119 cm³/mol. The van der Waals surface area contributed by atoms with Gasteiger partial charge < -0.3 is 24.8 Å². The molecule has 1 fully saturated rings. The van der Waals surface area contributed by atoms with E-state index in [1.165, 1.54) is 14.2 Å². The maximum Gasteiger partial charge on any atom is 0.272 e. The Morgan fingerprint density at radius 3 is 2.39 bits per heavy atom. The van der Waals surface area contributed by atoms with Gasteiger partial charge in [-0.05, 0) is 17.9 Å². The van der Waals surface area contributed by atoms with E-state index in [2.05, 4.69) is 10.6 Å². The van der Waals surface area contributed by atoms with Crippen LogP contribution in [0.3, 0.4) is 0 Å². The Morgan fingerprint density at radius 1 is 1.12 bits per heavy atom. The summed E-state index contributed by atoms with van der Waals surface area (Å²) in [5.74, 6) is -2.83. The lowest BCUT2D eigenvalue weighted by atomic mass is 9.82. The minimum atomic E-state index is -1.08. The molecule has 1 aliphatic rings. The maximum atomic E-state index is 13.5. The molecule has 10 nitrogen and oxygen atoms in total. The van der Waals surface area contributed by atoms with Crippen LogP contribution >= 0.6 is 0 Å². The second-order valence-corrected chi connectivity index (χ2v) is 8.45. The molecule has 3 amide bonds. The second-order valence-electron chi connectivity index (χ2n) is 8.45. The summed E-state index contributed by atoms with van der Waals surface area (Å²) in [6.07, 6.45) is -1.34. The average molecular weight is 466 g/mol. The first-order valence-corrected chi connectivity index (χ1v) is 11.1. The van der Waals surface area contributed by atoms with Crippen molar-refractivity contribution in [3.05, 3.63) is 35.9 Å². The quantitative estimate of drug-likeness (QED) is 0.202. The van der Waals surface area contributed by atoms with Gasteiger partial charge in [0, 0.05) is 26.5 Å². The zero-order valence-corrected chi connectivity index (χ0v) is 19.6. The number of hydroxylamine groups is 1. The zero-order chi connectivity index (χ0) is 24.4. The summed E-state index contributed by atoms with van der Waals surface area (Å²) < 4.78 is 16.5. The Balaban J connectivity index is 2.29. The van der Waals surface area contributed by atoms with E-state index in [1.807, 2.05) is 44.2 Å². The predicted octanol–water partition coefficient (Wildman–Crippen LogP) is 0.632. The smallest absolute Gasteiger partial charge is 0.272 e. The Hall–Kier alpha value is -2.53. The first-order valence-electron chi connectivity index (χ1n) is 11.1. The average Bonchev–Trinajstić information content (AvgIpc) is 3.15. The number of ether oxygens (including phenoxy) is 3. The molecule has 0 aliphatic carbocycles. The Bertz CT molecular complexity index is 775. The molecule has 184 valence electrons. The third-order valence-electron chi connectivity index (χ3n) is 5.57. The van der Waals surface area contributed by atoms with Crippen LogP contribution in [0.4, 0.5) is 0 Å². The number of benzene rings is 1. The molecule has 0 radical (unpaired) electrons. The highest BCUT2D eigenvalue weighted by atomic mass is 16.7. The van der Waals surface area contributed by atoms with Crippen molar-refractivity contribution in [2.24, 2.45) is 17.8 Å². The molecule has 5 atom stereocenters. The normalized spacial score (nSPS) is 23.2. The van der Waals surface area contributed by atoms with Crippen LogP contribution in [0, 0.1) is 17.8 Å². The van der Waals surface area contributed by atoms with Crippen molar-refractivity contribution in [2.75, 3.05) is 27.4 Å². The number of rotatable bonds is 12. The minimum absolute atomic E-state index is 0.139. The van der Waals surface area contributed by atoms with Crippen molar-refractivity contribution in [3.63, 3.8) is 0 Å². The van der Waals surface area contributed by atoms with Crippen molar-refractivity contribution in [2.45, 2.75) is 45.1 Å². The molecule has 1 aromatic rings. The van der Waals surface area contributed by atoms with Crippen LogP contribution < -0.4 is 16.1 Å². The standard InChI is InChI=1S/C23H35N3O7/c1-14(2)12-16-18(23(32-11-10-31-4)33-19(16)22(29)26-30)21(28)25-17(20(27)24-3)13-15-8-6-5-7-9-15/h5-9,14,16-19,23,30H,10-13H2,1-4H3,(H,24,27)(H,25,28)(H,26,29)/t16-,17+,18+,19-,23+/m0/s1. The van der Waals surface area contributed by atoms with Crippen molar-refractivity contribution < 1.29 is 33.8 Å². The third-order valence-corrected chi connectivity index (χ3v) is 5.57. The summed E-state index contributed by atoms with van der Waals surface area (Å²) in [4.78, 5) is 38.3. The van der Waals surface area contributed by atoms with E-state index in [-0.39, 0.29) is 25.0 Å². The van der Waals surface area contributed by atoms with Gasteiger partial charge in [0.25, 0.3) is 5.91 Å². The molecule has 1 saturated heterocycles. The number of hydrogen-bond acceptors (Lipinski definition) is 7. The van der Waals surface area contributed by atoms with Gasteiger partial charge in [-0.1, -0.05) is 44.2 Å². The fourth-order valence-electron chi connectivity index (χ4n) is 4.06. The van der Waals surface area contributed by atoms with Gasteiger partial charge in [-0.3, -0.25) is 19.6 Å². The SMILES string of the molecule is CNC(=O)[C@@H](Cc1ccccc1)NC(=O)[C@@H]1[C@H](OCCOC)O[C@H](C(=O)NO)[C@H]1CC(C)C. The molecular formula is C23H35N3O7. The number of hydrogen-bond donors (Lipinski definition) is 4. The van der Waals surface area contributed by atoms with Crippen LogP contribution in [0.2, 0.25) is 0 Å². The molecule has 0 saturated carbocycles. The molecule has 1 aliphatic heterocycles. The van der Waals surface area contributed by atoms with Crippen molar-refractivity contribution >= 4 is 17.7 Å². The van der Waals surface area contributed by atoms with Crippen LogP contribution in [-0.4, -0.2) is 68.7 Å². The fraction of sp³-hybridized carbons (Fsp3) is 0.609. The topological polar surface area (TPSA) is 135 Å². The first-order chi connectivity index (χ1) is 15.8. The molecule has 0 bridgehead atoms. The molecule has 1 heterocycles. The molecule has 10 heteroatoms. The number of methoxy groups -OCH3 is 1. The second kappa shape index (κ2) is 13.2. The third kappa shape index (κ3) is 7.50. The van der Waals surface area contributed by atoms with Crippen LogP contribution in [0.1, 0.15) is 25.8 Å². The number of nitrogens with one attached hydrogen (secondary N) is 3. The van der Waals surface area contributed by atoms with E-state index >= 15 is 0 Å². The van der Waals surface area contributed by atoms with Crippen molar-refractivity contribution in [3.8, 4) is 0 Å². The van der Waals surface area contributed by atoms with Gasteiger partial charge in [-0.15, -0.1) is 0 Å². The molecule has 33 heavy (non-hydrogen) atoms. The molecule has 2 rings (SSSR count). The van der Waals surface area contributed by atoms with E-state index in [4.69, 9.17) is 14.2 Å². The monoisotopic (exact) mass is 465 g/mol. The lowest BCUT2D eigenvalue weighted by Crippen LogP contribution is -2.51. The largest absolute Gasteiger partial charge is 0.382 e. The van der Waals surface area contributed by atoms with Gasteiger partial charge in [0.05, 0.1) is 19.1 Å². The highest BCUT2D eigenvalue weighted by molar-refractivity contribution is 5.90. The molecule has 0 aromatic heterocycles. The molecule has 4 N–H and O–H groups in total. The van der Waals surface area contributed by atoms with E-state index in [9.17, 15) is 19.6 Å². The number of likely N-dealkylation sites (N-methyl/N-ethyl adjacent to an activating group) is 1. The summed E-state index contributed by atoms with van der Waals surface area (Å²) in [5.41, 5.74) is 2.51. The van der Waals surface area contributed by atoms with Crippen molar-refractivity contribution in [1.29, 1.82) is 0 Å². The van der Waals surface area contributed by atoms with E-state index < -0.39 is 42.1 Å². The zero-order valence-electron chi connectivity index (χ0n) is 19.6. The summed E-state index contributed by atoms with van der Waals surface area (Å²) in [6, 6.07) is 8.52. The lowest BCUT2D eigenvalue weighted by molar-refractivity contribution is -0.174. The van der Waals surface area contributed by atoms with E-state index in [0.717, 1.165) is 5.56 Å². The van der Waals surface area contributed by atoms with Crippen LogP contribution in [0.15, 0.2) is 30.3 Å². The summed E-state index contributed by atoms with van der Waals surface area (Å²) in [6.45, 7) is 4.35. The summed E-state index contributed by atoms with van der Waals surface area (Å²) >= 11 is 0. The molecule has 0 spiro atoms.